The van der Waals surface area contributed by atoms with Crippen molar-refractivity contribution in [3.8, 4) is 5.88 Å². The fourth-order valence-corrected chi connectivity index (χ4v) is 1.83. The van der Waals surface area contributed by atoms with Crippen molar-refractivity contribution in [3.05, 3.63) is 36.4 Å². The maximum atomic E-state index is 5.86. The molecule has 0 aliphatic carbocycles. The molecule has 0 aliphatic rings. The van der Waals surface area contributed by atoms with Crippen LogP contribution in [0.4, 0.5) is 22.9 Å². The Morgan fingerprint density at radius 1 is 1.14 bits per heavy atom. The summed E-state index contributed by atoms with van der Waals surface area (Å²) in [5, 5.41) is 3.25. The number of nitrogen functional groups attached to an aromatic ring is 1. The van der Waals surface area contributed by atoms with Crippen LogP contribution < -0.4 is 20.7 Å². The number of anilines is 4. The first-order valence-corrected chi connectivity index (χ1v) is 7.04. The Hall–Kier alpha value is -2.43. The van der Waals surface area contributed by atoms with E-state index in [9.17, 15) is 0 Å². The lowest BCUT2D eigenvalue weighted by atomic mass is 10.2. The number of hydrogen-bond acceptors (Lipinski definition) is 5. The van der Waals surface area contributed by atoms with Gasteiger partial charge >= 0.3 is 0 Å². The van der Waals surface area contributed by atoms with Crippen molar-refractivity contribution in [1.29, 1.82) is 0 Å². The Bertz CT molecular complexity index is 581. The number of nitrogens with zero attached hydrogens (tertiary/aromatic N) is 2. The number of aromatic nitrogens is 1. The van der Waals surface area contributed by atoms with Gasteiger partial charge in [-0.1, -0.05) is 6.92 Å². The number of benzene rings is 1. The Morgan fingerprint density at radius 3 is 2.48 bits per heavy atom. The van der Waals surface area contributed by atoms with E-state index in [1.807, 2.05) is 51.4 Å². The quantitative estimate of drug-likeness (QED) is 0.853. The molecule has 5 heteroatoms. The zero-order valence-electron chi connectivity index (χ0n) is 12.8. The highest BCUT2D eigenvalue weighted by Crippen LogP contribution is 2.24. The molecule has 5 nitrogen and oxygen atoms in total. The van der Waals surface area contributed by atoms with Crippen LogP contribution in [0.25, 0.3) is 0 Å². The van der Waals surface area contributed by atoms with Gasteiger partial charge in [-0.3, -0.25) is 0 Å². The van der Waals surface area contributed by atoms with Crippen molar-refractivity contribution in [3.63, 3.8) is 0 Å². The summed E-state index contributed by atoms with van der Waals surface area (Å²) in [4.78, 5) is 6.45. The van der Waals surface area contributed by atoms with Gasteiger partial charge in [0.1, 0.15) is 5.82 Å². The molecular formula is C16H22N4O. The first-order valence-electron chi connectivity index (χ1n) is 7.04. The monoisotopic (exact) mass is 286 g/mol. The highest BCUT2D eigenvalue weighted by atomic mass is 16.5. The second-order valence-corrected chi connectivity index (χ2v) is 5.01. The van der Waals surface area contributed by atoms with Crippen molar-refractivity contribution < 1.29 is 4.74 Å². The normalized spacial score (nSPS) is 10.2. The zero-order valence-corrected chi connectivity index (χ0v) is 12.8. The van der Waals surface area contributed by atoms with Crippen molar-refractivity contribution in [2.24, 2.45) is 0 Å². The smallest absolute Gasteiger partial charge is 0.239 e. The number of nitrogens with two attached hydrogens (primary N) is 1. The minimum Gasteiger partial charge on any atom is -0.476 e. The Balaban J connectivity index is 2.11. The number of hydrogen-bond donors (Lipinski definition) is 2. The van der Waals surface area contributed by atoms with Gasteiger partial charge in [0.2, 0.25) is 5.88 Å². The third-order valence-corrected chi connectivity index (χ3v) is 2.99. The van der Waals surface area contributed by atoms with Gasteiger partial charge in [-0.05, 0) is 42.8 Å². The molecule has 0 saturated carbocycles. The molecule has 1 heterocycles. The fraction of sp³-hybridized carbons (Fsp3) is 0.312. The van der Waals surface area contributed by atoms with Crippen LogP contribution in [0.5, 0.6) is 5.88 Å². The van der Waals surface area contributed by atoms with Crippen LogP contribution in [0, 0.1) is 0 Å². The summed E-state index contributed by atoms with van der Waals surface area (Å²) in [5.41, 5.74) is 8.53. The summed E-state index contributed by atoms with van der Waals surface area (Å²) in [6.45, 7) is 2.66. The van der Waals surface area contributed by atoms with E-state index in [0.29, 0.717) is 24.0 Å². The van der Waals surface area contributed by atoms with Crippen LogP contribution in [0.15, 0.2) is 36.4 Å². The second-order valence-electron chi connectivity index (χ2n) is 5.01. The average Bonchev–Trinajstić information content (AvgIpc) is 2.48. The first-order chi connectivity index (χ1) is 10.1. The van der Waals surface area contributed by atoms with E-state index in [4.69, 9.17) is 10.5 Å². The standard InChI is InChI=1S/C16H22N4O/c1-4-11-21-16-14(17)9-10-15(19-16)18-12-5-7-13(8-6-12)20(2)3/h5-10H,4,11,17H2,1-3H3,(H,18,19). The third-order valence-electron chi connectivity index (χ3n) is 2.99. The molecular weight excluding hydrogens is 264 g/mol. The largest absolute Gasteiger partial charge is 0.476 e. The SMILES string of the molecule is CCCOc1nc(Nc2ccc(N(C)C)cc2)ccc1N. The molecule has 1 aromatic heterocycles. The van der Waals surface area contributed by atoms with Crippen molar-refractivity contribution in [2.75, 3.05) is 36.7 Å². The molecule has 21 heavy (non-hydrogen) atoms. The van der Waals surface area contributed by atoms with Crippen LogP contribution in [0.1, 0.15) is 13.3 Å². The number of nitrogens with one attached hydrogen (secondary N) is 1. The maximum absolute atomic E-state index is 5.86. The summed E-state index contributed by atoms with van der Waals surface area (Å²) in [6, 6.07) is 11.8. The number of rotatable bonds is 6. The van der Waals surface area contributed by atoms with Gasteiger partial charge in [-0.25, -0.2) is 0 Å². The minimum atomic E-state index is 0.478. The van der Waals surface area contributed by atoms with Crippen molar-refractivity contribution in [1.82, 2.24) is 4.98 Å². The molecule has 3 N–H and O–H groups in total. The van der Waals surface area contributed by atoms with E-state index in [2.05, 4.69) is 15.2 Å². The van der Waals surface area contributed by atoms with Crippen molar-refractivity contribution in [2.45, 2.75) is 13.3 Å². The van der Waals surface area contributed by atoms with Gasteiger partial charge < -0.3 is 20.7 Å². The van der Waals surface area contributed by atoms with Gasteiger partial charge in [0, 0.05) is 25.5 Å². The number of pyridine rings is 1. The average molecular weight is 286 g/mol. The number of ether oxygens (including phenoxy) is 1. The molecule has 0 unspecified atom stereocenters. The summed E-state index contributed by atoms with van der Waals surface area (Å²) in [7, 11) is 4.03. The molecule has 1 aromatic carbocycles. The lowest BCUT2D eigenvalue weighted by Crippen LogP contribution is -2.08. The predicted molar refractivity (Wildman–Crippen MR) is 88.5 cm³/mol. The molecule has 0 fully saturated rings. The van der Waals surface area contributed by atoms with Crippen LogP contribution in [-0.4, -0.2) is 25.7 Å². The Morgan fingerprint density at radius 2 is 1.86 bits per heavy atom. The molecule has 2 aromatic rings. The highest BCUT2D eigenvalue weighted by molar-refractivity contribution is 5.63. The van der Waals surface area contributed by atoms with Gasteiger partial charge in [0.25, 0.3) is 0 Å². The Labute approximate surface area is 125 Å². The second kappa shape index (κ2) is 6.83. The van der Waals surface area contributed by atoms with Crippen LogP contribution in [-0.2, 0) is 0 Å². The lowest BCUT2D eigenvalue weighted by molar-refractivity contribution is 0.307. The van der Waals surface area contributed by atoms with Gasteiger partial charge in [0.05, 0.1) is 12.3 Å². The lowest BCUT2D eigenvalue weighted by Gasteiger charge is -2.14. The molecule has 0 atom stereocenters. The van der Waals surface area contributed by atoms with Gasteiger partial charge in [-0.2, -0.15) is 4.98 Å². The molecule has 112 valence electrons. The summed E-state index contributed by atoms with van der Waals surface area (Å²) in [5.74, 6) is 1.19. The maximum Gasteiger partial charge on any atom is 0.239 e. The summed E-state index contributed by atoms with van der Waals surface area (Å²) in [6.07, 6.45) is 0.921. The minimum absolute atomic E-state index is 0.478. The Kier molecular flexibility index (Phi) is 4.87. The third kappa shape index (κ3) is 4.02. The van der Waals surface area contributed by atoms with E-state index in [1.165, 1.54) is 0 Å². The molecule has 0 spiro atoms. The van der Waals surface area contributed by atoms with E-state index in [-0.39, 0.29) is 0 Å². The van der Waals surface area contributed by atoms with E-state index in [1.54, 1.807) is 6.07 Å². The molecule has 0 bridgehead atoms. The summed E-state index contributed by atoms with van der Waals surface area (Å²) < 4.78 is 5.53. The van der Waals surface area contributed by atoms with E-state index < -0.39 is 0 Å². The predicted octanol–water partition coefficient (Wildman–Crippen LogP) is 3.26. The van der Waals surface area contributed by atoms with Crippen molar-refractivity contribution >= 4 is 22.9 Å². The molecule has 0 radical (unpaired) electrons. The van der Waals surface area contributed by atoms with E-state index in [0.717, 1.165) is 17.8 Å². The molecule has 0 amide bonds. The molecule has 0 aliphatic heterocycles. The molecule has 2 rings (SSSR count). The van der Waals surface area contributed by atoms with Gasteiger partial charge in [-0.15, -0.1) is 0 Å². The molecule has 0 saturated heterocycles. The summed E-state index contributed by atoms with van der Waals surface area (Å²) >= 11 is 0. The highest BCUT2D eigenvalue weighted by Gasteiger charge is 2.05. The van der Waals surface area contributed by atoms with Crippen LogP contribution >= 0.6 is 0 Å². The van der Waals surface area contributed by atoms with Crippen LogP contribution in [0.2, 0.25) is 0 Å². The van der Waals surface area contributed by atoms with Gasteiger partial charge in [0.15, 0.2) is 0 Å². The zero-order chi connectivity index (χ0) is 15.2. The van der Waals surface area contributed by atoms with Crippen LogP contribution in [0.3, 0.4) is 0 Å². The first kappa shape index (κ1) is 15.0. The fourth-order valence-electron chi connectivity index (χ4n) is 1.83. The topological polar surface area (TPSA) is 63.4 Å². The van der Waals surface area contributed by atoms with E-state index >= 15 is 0 Å².